The first-order valence-corrected chi connectivity index (χ1v) is 6.65. The fourth-order valence-corrected chi connectivity index (χ4v) is 1.96. The zero-order chi connectivity index (χ0) is 14.7. The Hall–Kier alpha value is -2.07. The Morgan fingerprint density at radius 1 is 1.35 bits per heavy atom. The van der Waals surface area contributed by atoms with Crippen LogP contribution < -0.4 is 5.32 Å². The Kier molecular flexibility index (Phi) is 4.25. The zero-order valence-corrected chi connectivity index (χ0v) is 12.0. The third-order valence-electron chi connectivity index (χ3n) is 2.93. The molecule has 2 rings (SSSR count). The molecule has 0 spiro atoms. The number of benzene rings is 1. The lowest BCUT2D eigenvalue weighted by atomic mass is 10.2. The van der Waals surface area contributed by atoms with Crippen molar-refractivity contribution in [2.24, 2.45) is 0 Å². The molecule has 1 aromatic carbocycles. The van der Waals surface area contributed by atoms with Gasteiger partial charge in [0.15, 0.2) is 0 Å². The third-order valence-corrected chi connectivity index (χ3v) is 3.34. The van der Waals surface area contributed by atoms with E-state index in [1.54, 1.807) is 12.1 Å². The van der Waals surface area contributed by atoms with Gasteiger partial charge in [-0.1, -0.05) is 24.6 Å². The molecule has 104 valence electrons. The van der Waals surface area contributed by atoms with Crippen molar-refractivity contribution < 1.29 is 9.90 Å². The molecule has 0 amide bonds. The molecule has 0 aliphatic rings. The minimum absolute atomic E-state index is 0.220. The number of aryl methyl sites for hydroxylation is 2. The number of carboxylic acids is 1. The van der Waals surface area contributed by atoms with Crippen molar-refractivity contribution in [1.29, 1.82) is 0 Å². The van der Waals surface area contributed by atoms with Gasteiger partial charge in [0.25, 0.3) is 0 Å². The molecule has 0 aliphatic heterocycles. The number of anilines is 2. The van der Waals surface area contributed by atoms with Crippen LogP contribution in [0.5, 0.6) is 0 Å². The minimum Gasteiger partial charge on any atom is -0.478 e. The standard InChI is InChI=1S/C15H15ClN2O2/c1-3-11-6-10(15(19)20)7-14(17-11)18-12-5-4-9(2)13(16)8-12/h4-8H,3H2,1-2H3,(H,17,18)(H,19,20). The number of halogens is 1. The fraction of sp³-hybridized carbons (Fsp3) is 0.200. The Morgan fingerprint density at radius 3 is 2.70 bits per heavy atom. The van der Waals surface area contributed by atoms with E-state index in [-0.39, 0.29) is 5.56 Å². The van der Waals surface area contributed by atoms with Crippen LogP contribution in [0.4, 0.5) is 11.5 Å². The number of aromatic nitrogens is 1. The SMILES string of the molecule is CCc1cc(C(=O)O)cc(Nc2ccc(C)c(Cl)c2)n1. The van der Waals surface area contributed by atoms with Gasteiger partial charge in [0.05, 0.1) is 5.56 Å². The van der Waals surface area contributed by atoms with Gasteiger partial charge < -0.3 is 10.4 Å². The van der Waals surface area contributed by atoms with E-state index in [0.29, 0.717) is 17.3 Å². The van der Waals surface area contributed by atoms with E-state index in [0.717, 1.165) is 16.9 Å². The summed E-state index contributed by atoms with van der Waals surface area (Å²) in [5, 5.41) is 12.8. The molecule has 1 heterocycles. The Balaban J connectivity index is 2.34. The summed E-state index contributed by atoms with van der Waals surface area (Å²) < 4.78 is 0. The predicted molar refractivity (Wildman–Crippen MR) is 80.0 cm³/mol. The zero-order valence-electron chi connectivity index (χ0n) is 11.3. The smallest absolute Gasteiger partial charge is 0.335 e. The fourth-order valence-electron chi connectivity index (χ4n) is 1.77. The van der Waals surface area contributed by atoms with Crippen LogP contribution in [0.3, 0.4) is 0 Å². The van der Waals surface area contributed by atoms with Crippen molar-refractivity contribution in [2.75, 3.05) is 5.32 Å². The average Bonchev–Trinajstić information content (AvgIpc) is 2.42. The quantitative estimate of drug-likeness (QED) is 0.892. The highest BCUT2D eigenvalue weighted by Gasteiger charge is 2.08. The van der Waals surface area contributed by atoms with Crippen molar-refractivity contribution in [3.05, 3.63) is 52.2 Å². The van der Waals surface area contributed by atoms with Crippen molar-refractivity contribution in [3.8, 4) is 0 Å². The van der Waals surface area contributed by atoms with Crippen LogP contribution in [0, 0.1) is 6.92 Å². The highest BCUT2D eigenvalue weighted by Crippen LogP contribution is 2.23. The average molecular weight is 291 g/mol. The van der Waals surface area contributed by atoms with Crippen molar-refractivity contribution in [2.45, 2.75) is 20.3 Å². The molecule has 0 atom stereocenters. The largest absolute Gasteiger partial charge is 0.478 e. The van der Waals surface area contributed by atoms with Crippen LogP contribution >= 0.6 is 11.6 Å². The highest BCUT2D eigenvalue weighted by molar-refractivity contribution is 6.31. The summed E-state index contributed by atoms with van der Waals surface area (Å²) in [5.41, 5.74) is 2.71. The lowest BCUT2D eigenvalue weighted by Gasteiger charge is -2.09. The van der Waals surface area contributed by atoms with Crippen LogP contribution in [0.15, 0.2) is 30.3 Å². The van der Waals surface area contributed by atoms with Gasteiger partial charge >= 0.3 is 5.97 Å². The number of hydrogen-bond donors (Lipinski definition) is 2. The summed E-state index contributed by atoms with van der Waals surface area (Å²) in [5.74, 6) is -0.464. The normalized spacial score (nSPS) is 10.3. The van der Waals surface area contributed by atoms with Gasteiger partial charge in [-0.15, -0.1) is 0 Å². The molecule has 0 saturated carbocycles. The van der Waals surface area contributed by atoms with Crippen LogP contribution in [0.25, 0.3) is 0 Å². The summed E-state index contributed by atoms with van der Waals surface area (Å²) in [6.45, 7) is 3.85. The van der Waals surface area contributed by atoms with Crippen LogP contribution in [-0.4, -0.2) is 16.1 Å². The number of aromatic carboxylic acids is 1. The minimum atomic E-state index is -0.966. The molecule has 20 heavy (non-hydrogen) atoms. The first-order valence-electron chi connectivity index (χ1n) is 6.27. The van der Waals surface area contributed by atoms with Gasteiger partial charge in [-0.05, 0) is 43.2 Å². The first-order chi connectivity index (χ1) is 9.49. The molecule has 0 unspecified atom stereocenters. The second-order valence-electron chi connectivity index (χ2n) is 4.48. The van der Waals surface area contributed by atoms with Crippen molar-refractivity contribution in [1.82, 2.24) is 4.98 Å². The van der Waals surface area contributed by atoms with Gasteiger partial charge in [-0.3, -0.25) is 0 Å². The Bertz CT molecular complexity index is 656. The molecule has 0 bridgehead atoms. The van der Waals surface area contributed by atoms with Crippen molar-refractivity contribution in [3.63, 3.8) is 0 Å². The maximum absolute atomic E-state index is 11.1. The molecule has 0 aliphatic carbocycles. The monoisotopic (exact) mass is 290 g/mol. The lowest BCUT2D eigenvalue weighted by Crippen LogP contribution is -2.03. The highest BCUT2D eigenvalue weighted by atomic mass is 35.5. The Morgan fingerprint density at radius 2 is 2.10 bits per heavy atom. The van der Waals surface area contributed by atoms with Crippen molar-refractivity contribution >= 4 is 29.1 Å². The maximum atomic E-state index is 11.1. The first kappa shape index (κ1) is 14.3. The summed E-state index contributed by atoms with van der Waals surface area (Å²) in [6.07, 6.45) is 0.671. The molecule has 5 heteroatoms. The van der Waals surface area contributed by atoms with E-state index in [1.807, 2.05) is 26.0 Å². The van der Waals surface area contributed by atoms with Gasteiger partial charge in [0.2, 0.25) is 0 Å². The molecular weight excluding hydrogens is 276 g/mol. The number of pyridine rings is 1. The van der Waals surface area contributed by atoms with E-state index < -0.39 is 5.97 Å². The number of nitrogens with zero attached hydrogens (tertiary/aromatic N) is 1. The summed E-state index contributed by atoms with van der Waals surface area (Å²) in [6, 6.07) is 8.65. The van der Waals surface area contributed by atoms with Gasteiger partial charge in [0.1, 0.15) is 5.82 Å². The number of nitrogens with one attached hydrogen (secondary N) is 1. The maximum Gasteiger partial charge on any atom is 0.335 e. The second-order valence-corrected chi connectivity index (χ2v) is 4.89. The van der Waals surface area contributed by atoms with Crippen LogP contribution in [0.1, 0.15) is 28.5 Å². The van der Waals surface area contributed by atoms with Gasteiger partial charge in [0, 0.05) is 16.4 Å². The predicted octanol–water partition coefficient (Wildman–Crippen LogP) is 4.05. The molecule has 0 radical (unpaired) electrons. The number of carbonyl (C=O) groups is 1. The molecule has 0 fully saturated rings. The van der Waals surface area contributed by atoms with E-state index in [2.05, 4.69) is 10.3 Å². The molecule has 2 N–H and O–H groups in total. The van der Waals surface area contributed by atoms with E-state index in [4.69, 9.17) is 16.7 Å². The summed E-state index contributed by atoms with van der Waals surface area (Å²) >= 11 is 6.07. The summed E-state index contributed by atoms with van der Waals surface area (Å²) in [7, 11) is 0. The third kappa shape index (κ3) is 3.27. The molecule has 0 saturated heterocycles. The van der Waals surface area contributed by atoms with E-state index >= 15 is 0 Å². The molecule has 4 nitrogen and oxygen atoms in total. The van der Waals surface area contributed by atoms with E-state index in [1.165, 1.54) is 6.07 Å². The van der Waals surface area contributed by atoms with Crippen LogP contribution in [-0.2, 0) is 6.42 Å². The topological polar surface area (TPSA) is 62.2 Å². The van der Waals surface area contributed by atoms with Gasteiger partial charge in [-0.25, -0.2) is 9.78 Å². The second kappa shape index (κ2) is 5.92. The van der Waals surface area contributed by atoms with Crippen LogP contribution in [0.2, 0.25) is 5.02 Å². The number of carboxylic acid groups (broad SMARTS) is 1. The van der Waals surface area contributed by atoms with E-state index in [9.17, 15) is 4.79 Å². The molecule has 2 aromatic rings. The number of hydrogen-bond acceptors (Lipinski definition) is 3. The summed E-state index contributed by atoms with van der Waals surface area (Å²) in [4.78, 5) is 15.5. The molecule has 1 aromatic heterocycles. The molecular formula is C15H15ClN2O2. The lowest BCUT2D eigenvalue weighted by molar-refractivity contribution is 0.0696. The van der Waals surface area contributed by atoms with Gasteiger partial charge in [-0.2, -0.15) is 0 Å². The number of rotatable bonds is 4. The Labute approximate surface area is 122 Å².